The van der Waals surface area contributed by atoms with E-state index >= 15 is 0 Å². The van der Waals surface area contributed by atoms with Gasteiger partial charge >= 0.3 is 0 Å². The molecule has 1 saturated heterocycles. The fourth-order valence-corrected chi connectivity index (χ4v) is 2.89. The molecule has 5 nitrogen and oxygen atoms in total. The van der Waals surface area contributed by atoms with E-state index in [1.807, 2.05) is 18.2 Å². The van der Waals surface area contributed by atoms with Crippen LogP contribution in [0.15, 0.2) is 48.7 Å². The molecule has 3 rings (SSSR count). The molecule has 6 heteroatoms. The number of hydrogen-bond donors (Lipinski definition) is 0. The highest BCUT2D eigenvalue weighted by Gasteiger charge is 2.24. The van der Waals surface area contributed by atoms with Gasteiger partial charge in [0.2, 0.25) is 11.8 Å². The highest BCUT2D eigenvalue weighted by Crippen LogP contribution is 2.11. The average molecular weight is 341 g/mol. The molecule has 2 amide bonds. The second kappa shape index (κ2) is 7.88. The van der Waals surface area contributed by atoms with Crippen LogP contribution in [-0.4, -0.2) is 52.8 Å². The van der Waals surface area contributed by atoms with Gasteiger partial charge in [0.25, 0.3) is 0 Å². The van der Waals surface area contributed by atoms with Crippen molar-refractivity contribution >= 4 is 11.8 Å². The predicted octanol–water partition coefficient (Wildman–Crippen LogP) is 1.68. The van der Waals surface area contributed by atoms with Crippen LogP contribution < -0.4 is 0 Å². The maximum atomic E-state index is 13.7. The van der Waals surface area contributed by atoms with E-state index in [2.05, 4.69) is 4.98 Å². The Bertz CT molecular complexity index is 743. The summed E-state index contributed by atoms with van der Waals surface area (Å²) in [6.07, 6.45) is 1.99. The lowest BCUT2D eigenvalue weighted by atomic mass is 10.1. The number of halogens is 1. The number of carbonyl (C=O) groups excluding carboxylic acids is 2. The van der Waals surface area contributed by atoms with E-state index in [0.29, 0.717) is 31.7 Å². The molecule has 1 aliphatic rings. The van der Waals surface area contributed by atoms with Crippen molar-refractivity contribution in [1.29, 1.82) is 0 Å². The SMILES string of the molecule is O=C(Cc1ccccn1)N1CCN(C(=O)Cc2ccccc2F)CC1. The van der Waals surface area contributed by atoms with E-state index in [-0.39, 0.29) is 30.5 Å². The quantitative estimate of drug-likeness (QED) is 0.850. The predicted molar refractivity (Wildman–Crippen MR) is 91.2 cm³/mol. The molecule has 25 heavy (non-hydrogen) atoms. The van der Waals surface area contributed by atoms with Crippen LogP contribution in [0.3, 0.4) is 0 Å². The Balaban J connectivity index is 1.50. The van der Waals surface area contributed by atoms with E-state index in [1.54, 1.807) is 34.2 Å². The zero-order valence-corrected chi connectivity index (χ0v) is 13.9. The van der Waals surface area contributed by atoms with Crippen molar-refractivity contribution in [2.24, 2.45) is 0 Å². The van der Waals surface area contributed by atoms with Gasteiger partial charge in [-0.15, -0.1) is 0 Å². The number of amides is 2. The van der Waals surface area contributed by atoms with Gasteiger partial charge < -0.3 is 9.80 Å². The molecular weight excluding hydrogens is 321 g/mol. The number of nitrogens with zero attached hydrogens (tertiary/aromatic N) is 3. The molecule has 0 spiro atoms. The Morgan fingerprint density at radius 2 is 1.48 bits per heavy atom. The Kier molecular flexibility index (Phi) is 5.38. The molecule has 0 radical (unpaired) electrons. The van der Waals surface area contributed by atoms with Gasteiger partial charge in [0.15, 0.2) is 0 Å². The van der Waals surface area contributed by atoms with E-state index in [9.17, 15) is 14.0 Å². The number of carbonyl (C=O) groups is 2. The van der Waals surface area contributed by atoms with E-state index in [1.165, 1.54) is 6.07 Å². The van der Waals surface area contributed by atoms with Crippen LogP contribution in [0.2, 0.25) is 0 Å². The van der Waals surface area contributed by atoms with Crippen LogP contribution >= 0.6 is 0 Å². The highest BCUT2D eigenvalue weighted by molar-refractivity contribution is 5.80. The Hall–Kier alpha value is -2.76. The minimum absolute atomic E-state index is 0.0138. The van der Waals surface area contributed by atoms with Crippen molar-refractivity contribution in [3.63, 3.8) is 0 Å². The molecule has 130 valence electrons. The third-order valence-electron chi connectivity index (χ3n) is 4.34. The minimum atomic E-state index is -0.361. The number of hydrogen-bond acceptors (Lipinski definition) is 3. The Morgan fingerprint density at radius 1 is 0.880 bits per heavy atom. The second-order valence-electron chi connectivity index (χ2n) is 6.03. The van der Waals surface area contributed by atoms with Crippen LogP contribution in [0.5, 0.6) is 0 Å². The van der Waals surface area contributed by atoms with Gasteiger partial charge in [0, 0.05) is 38.1 Å². The first-order chi connectivity index (χ1) is 12.1. The molecule has 0 unspecified atom stereocenters. The highest BCUT2D eigenvalue weighted by atomic mass is 19.1. The van der Waals surface area contributed by atoms with Crippen molar-refractivity contribution in [1.82, 2.24) is 14.8 Å². The van der Waals surface area contributed by atoms with Gasteiger partial charge in [-0.1, -0.05) is 24.3 Å². The fraction of sp³-hybridized carbons (Fsp3) is 0.316. The molecule has 2 heterocycles. The summed E-state index contributed by atoms with van der Waals surface area (Å²) in [5.74, 6) is -0.457. The average Bonchev–Trinajstić information content (AvgIpc) is 2.64. The molecular formula is C19H20FN3O2. The van der Waals surface area contributed by atoms with Crippen LogP contribution in [0.25, 0.3) is 0 Å². The normalized spacial score (nSPS) is 14.4. The third kappa shape index (κ3) is 4.41. The summed E-state index contributed by atoms with van der Waals surface area (Å²) in [6, 6.07) is 11.8. The lowest BCUT2D eigenvalue weighted by Gasteiger charge is -2.35. The lowest BCUT2D eigenvalue weighted by molar-refractivity contribution is -0.138. The van der Waals surface area contributed by atoms with Crippen molar-refractivity contribution in [3.05, 3.63) is 65.7 Å². The summed E-state index contributed by atoms with van der Waals surface area (Å²) in [6.45, 7) is 1.94. The molecule has 1 fully saturated rings. The first kappa shape index (κ1) is 17.1. The zero-order valence-electron chi connectivity index (χ0n) is 13.9. The number of pyridine rings is 1. The van der Waals surface area contributed by atoms with Gasteiger partial charge in [-0.2, -0.15) is 0 Å². The standard InChI is InChI=1S/C19H20FN3O2/c20-17-7-2-1-5-15(17)13-18(24)22-9-11-23(12-10-22)19(25)14-16-6-3-4-8-21-16/h1-8H,9-14H2. The smallest absolute Gasteiger partial charge is 0.228 e. The summed E-state index contributed by atoms with van der Waals surface area (Å²) in [5.41, 5.74) is 1.15. The van der Waals surface area contributed by atoms with E-state index in [4.69, 9.17) is 0 Å². The minimum Gasteiger partial charge on any atom is -0.339 e. The Labute approximate surface area is 146 Å². The van der Waals surface area contributed by atoms with Crippen LogP contribution in [0.4, 0.5) is 4.39 Å². The van der Waals surface area contributed by atoms with Crippen LogP contribution in [0, 0.1) is 5.82 Å². The molecule has 1 aliphatic heterocycles. The van der Waals surface area contributed by atoms with Crippen LogP contribution in [-0.2, 0) is 22.4 Å². The molecule has 1 aromatic carbocycles. The summed E-state index contributed by atoms with van der Waals surface area (Å²) in [5, 5.41) is 0. The molecule has 0 bridgehead atoms. The molecule has 1 aromatic heterocycles. The molecule has 0 aliphatic carbocycles. The van der Waals surface area contributed by atoms with Gasteiger partial charge in [-0.05, 0) is 23.8 Å². The van der Waals surface area contributed by atoms with Gasteiger partial charge in [0.1, 0.15) is 5.82 Å². The summed E-state index contributed by atoms with van der Waals surface area (Å²) >= 11 is 0. The van der Waals surface area contributed by atoms with Crippen molar-refractivity contribution in [2.45, 2.75) is 12.8 Å². The van der Waals surface area contributed by atoms with Crippen molar-refractivity contribution in [2.75, 3.05) is 26.2 Å². The largest absolute Gasteiger partial charge is 0.339 e. The maximum Gasteiger partial charge on any atom is 0.228 e. The summed E-state index contributed by atoms with van der Waals surface area (Å²) in [7, 11) is 0. The number of piperazine rings is 1. The summed E-state index contributed by atoms with van der Waals surface area (Å²) in [4.78, 5) is 32.3. The zero-order chi connectivity index (χ0) is 17.6. The van der Waals surface area contributed by atoms with E-state index < -0.39 is 0 Å². The topological polar surface area (TPSA) is 53.5 Å². The second-order valence-corrected chi connectivity index (χ2v) is 6.03. The van der Waals surface area contributed by atoms with Crippen molar-refractivity contribution in [3.8, 4) is 0 Å². The molecule has 0 saturated carbocycles. The first-order valence-corrected chi connectivity index (χ1v) is 8.32. The summed E-state index contributed by atoms with van der Waals surface area (Å²) < 4.78 is 13.7. The first-order valence-electron chi connectivity index (χ1n) is 8.32. The fourth-order valence-electron chi connectivity index (χ4n) is 2.89. The van der Waals surface area contributed by atoms with Crippen LogP contribution in [0.1, 0.15) is 11.3 Å². The maximum absolute atomic E-state index is 13.7. The van der Waals surface area contributed by atoms with Gasteiger partial charge in [-0.25, -0.2) is 4.39 Å². The number of benzene rings is 1. The molecule has 0 N–H and O–H groups in total. The van der Waals surface area contributed by atoms with Gasteiger partial charge in [0.05, 0.1) is 12.8 Å². The molecule has 2 aromatic rings. The Morgan fingerprint density at radius 3 is 2.08 bits per heavy atom. The number of aromatic nitrogens is 1. The number of rotatable bonds is 4. The lowest BCUT2D eigenvalue weighted by Crippen LogP contribution is -2.51. The monoisotopic (exact) mass is 341 g/mol. The van der Waals surface area contributed by atoms with Gasteiger partial charge in [-0.3, -0.25) is 14.6 Å². The van der Waals surface area contributed by atoms with Crippen molar-refractivity contribution < 1.29 is 14.0 Å². The molecule has 0 atom stereocenters. The van der Waals surface area contributed by atoms with E-state index in [0.717, 1.165) is 5.69 Å². The third-order valence-corrected chi connectivity index (χ3v) is 4.34.